The maximum Gasteiger partial charge on any atom is 0.356 e. The van der Waals surface area contributed by atoms with Crippen molar-refractivity contribution >= 4 is 5.97 Å². The fourth-order valence-corrected chi connectivity index (χ4v) is 1.77. The van der Waals surface area contributed by atoms with Gasteiger partial charge in [-0.2, -0.15) is 5.10 Å². The van der Waals surface area contributed by atoms with Crippen molar-refractivity contribution in [1.82, 2.24) is 9.78 Å². The normalized spacial score (nSPS) is 10.5. The molecule has 0 aliphatic heterocycles. The molecule has 0 saturated carbocycles. The summed E-state index contributed by atoms with van der Waals surface area (Å²) in [5, 5.41) is 22.6. The number of methoxy groups -OCH3 is 1. The van der Waals surface area contributed by atoms with E-state index in [1.165, 1.54) is 31.0 Å². The first kappa shape index (κ1) is 12.9. The van der Waals surface area contributed by atoms with Gasteiger partial charge in [0, 0.05) is 12.6 Å². The van der Waals surface area contributed by atoms with E-state index >= 15 is 0 Å². The van der Waals surface area contributed by atoms with Gasteiger partial charge >= 0.3 is 5.97 Å². The van der Waals surface area contributed by atoms with Crippen LogP contribution in [-0.2, 0) is 7.05 Å². The molecule has 0 fully saturated rings. The van der Waals surface area contributed by atoms with Crippen molar-refractivity contribution in [3.63, 3.8) is 0 Å². The standard InChI is InChI=1S/C12H11FN2O4/c1-15-9(5-8(14-15)12(17)18)6-3-4-7(13)11(19-2)10(6)16/h3-5,16H,1-2H3,(H,17,18). The lowest BCUT2D eigenvalue weighted by molar-refractivity contribution is 0.0689. The average molecular weight is 266 g/mol. The van der Waals surface area contributed by atoms with Crippen LogP contribution >= 0.6 is 0 Å². The Morgan fingerprint density at radius 2 is 2.16 bits per heavy atom. The number of hydrogen-bond donors (Lipinski definition) is 2. The van der Waals surface area contributed by atoms with Gasteiger partial charge in [-0.05, 0) is 18.2 Å². The molecule has 7 heteroatoms. The lowest BCUT2D eigenvalue weighted by Gasteiger charge is -2.09. The number of carboxylic acid groups (broad SMARTS) is 1. The van der Waals surface area contributed by atoms with Gasteiger partial charge < -0.3 is 14.9 Å². The van der Waals surface area contributed by atoms with E-state index in [9.17, 15) is 14.3 Å². The van der Waals surface area contributed by atoms with Crippen LogP contribution in [0.3, 0.4) is 0 Å². The molecule has 0 bridgehead atoms. The molecule has 19 heavy (non-hydrogen) atoms. The number of rotatable bonds is 3. The number of carbonyl (C=O) groups is 1. The second-order valence-corrected chi connectivity index (χ2v) is 3.82. The third-order valence-corrected chi connectivity index (χ3v) is 2.66. The fraction of sp³-hybridized carbons (Fsp3) is 0.167. The van der Waals surface area contributed by atoms with Crippen molar-refractivity contribution in [2.45, 2.75) is 0 Å². The van der Waals surface area contributed by atoms with E-state index < -0.39 is 17.5 Å². The molecule has 1 aromatic carbocycles. The minimum absolute atomic E-state index is 0.166. The molecule has 2 aromatic rings. The lowest BCUT2D eigenvalue weighted by atomic mass is 10.1. The Morgan fingerprint density at radius 3 is 2.68 bits per heavy atom. The minimum Gasteiger partial charge on any atom is -0.504 e. The summed E-state index contributed by atoms with van der Waals surface area (Å²) in [5.41, 5.74) is 0.411. The number of phenolic OH excluding ortho intramolecular Hbond substituents is 1. The van der Waals surface area contributed by atoms with Gasteiger partial charge in [0.05, 0.1) is 12.8 Å². The molecule has 0 saturated heterocycles. The molecule has 0 spiro atoms. The van der Waals surface area contributed by atoms with Crippen LogP contribution in [-0.4, -0.2) is 33.1 Å². The number of benzene rings is 1. The first-order valence-electron chi connectivity index (χ1n) is 5.29. The van der Waals surface area contributed by atoms with Gasteiger partial charge in [0.25, 0.3) is 0 Å². The van der Waals surface area contributed by atoms with Gasteiger partial charge in [-0.3, -0.25) is 4.68 Å². The summed E-state index contributed by atoms with van der Waals surface area (Å²) in [5.74, 6) is -2.59. The molecule has 1 aromatic heterocycles. The number of phenols is 1. The molecule has 0 aliphatic carbocycles. The smallest absolute Gasteiger partial charge is 0.356 e. The van der Waals surface area contributed by atoms with Crippen LogP contribution in [0.1, 0.15) is 10.5 Å². The Morgan fingerprint density at radius 1 is 1.47 bits per heavy atom. The van der Waals surface area contributed by atoms with Gasteiger partial charge in [0.2, 0.25) is 0 Å². The van der Waals surface area contributed by atoms with E-state index in [4.69, 9.17) is 9.84 Å². The Bertz CT molecular complexity index is 651. The Balaban J connectivity index is 2.62. The van der Waals surface area contributed by atoms with Gasteiger partial charge in [-0.25, -0.2) is 9.18 Å². The van der Waals surface area contributed by atoms with Crippen molar-refractivity contribution in [3.05, 3.63) is 29.7 Å². The summed E-state index contributed by atoms with van der Waals surface area (Å²) in [6.07, 6.45) is 0. The predicted molar refractivity (Wildman–Crippen MR) is 63.8 cm³/mol. The number of aryl methyl sites for hydroxylation is 1. The van der Waals surface area contributed by atoms with E-state index in [1.54, 1.807) is 0 Å². The van der Waals surface area contributed by atoms with Crippen molar-refractivity contribution in [1.29, 1.82) is 0 Å². The van der Waals surface area contributed by atoms with Crippen LogP contribution in [0, 0.1) is 5.82 Å². The van der Waals surface area contributed by atoms with E-state index in [0.29, 0.717) is 5.69 Å². The number of carboxylic acids is 1. The van der Waals surface area contributed by atoms with E-state index in [2.05, 4.69) is 5.10 Å². The van der Waals surface area contributed by atoms with Crippen molar-refractivity contribution in [2.24, 2.45) is 7.05 Å². The van der Waals surface area contributed by atoms with Crippen LogP contribution in [0.4, 0.5) is 4.39 Å². The Kier molecular flexibility index (Phi) is 3.12. The number of nitrogens with zero attached hydrogens (tertiary/aromatic N) is 2. The summed E-state index contributed by atoms with van der Waals surface area (Å²) in [6, 6.07) is 3.74. The van der Waals surface area contributed by atoms with Gasteiger partial charge in [0.15, 0.2) is 23.0 Å². The maximum absolute atomic E-state index is 13.4. The van der Waals surface area contributed by atoms with E-state index in [1.807, 2.05) is 0 Å². The summed E-state index contributed by atoms with van der Waals surface area (Å²) in [7, 11) is 2.75. The minimum atomic E-state index is -1.18. The second-order valence-electron chi connectivity index (χ2n) is 3.82. The number of aromatic hydroxyl groups is 1. The second kappa shape index (κ2) is 4.60. The number of hydrogen-bond acceptors (Lipinski definition) is 4. The monoisotopic (exact) mass is 266 g/mol. The fourth-order valence-electron chi connectivity index (χ4n) is 1.77. The summed E-state index contributed by atoms with van der Waals surface area (Å²) in [4.78, 5) is 10.8. The topological polar surface area (TPSA) is 84.6 Å². The van der Waals surface area contributed by atoms with Gasteiger partial charge in [-0.15, -0.1) is 0 Å². The summed E-state index contributed by atoms with van der Waals surface area (Å²) in [6.45, 7) is 0. The van der Waals surface area contributed by atoms with Crippen molar-refractivity contribution < 1.29 is 24.1 Å². The third kappa shape index (κ3) is 2.10. The average Bonchev–Trinajstić information content (AvgIpc) is 2.72. The van der Waals surface area contributed by atoms with Crippen LogP contribution in [0.15, 0.2) is 18.2 Å². The van der Waals surface area contributed by atoms with Crippen LogP contribution in [0.25, 0.3) is 11.3 Å². The predicted octanol–water partition coefficient (Wildman–Crippen LogP) is 1.64. The van der Waals surface area contributed by atoms with Gasteiger partial charge in [0.1, 0.15) is 0 Å². The number of aromatic nitrogens is 2. The summed E-state index contributed by atoms with van der Waals surface area (Å²) < 4.78 is 19.4. The van der Waals surface area contributed by atoms with E-state index in [0.717, 1.165) is 6.07 Å². The quantitative estimate of drug-likeness (QED) is 0.882. The number of ether oxygens (including phenoxy) is 1. The zero-order valence-electron chi connectivity index (χ0n) is 10.2. The highest BCUT2D eigenvalue weighted by Gasteiger charge is 2.19. The Hall–Kier alpha value is -2.57. The van der Waals surface area contributed by atoms with E-state index in [-0.39, 0.29) is 17.0 Å². The molecule has 0 radical (unpaired) electrons. The first-order valence-corrected chi connectivity index (χ1v) is 5.29. The highest BCUT2D eigenvalue weighted by Crippen LogP contribution is 2.38. The van der Waals surface area contributed by atoms with Gasteiger partial charge in [-0.1, -0.05) is 0 Å². The molecule has 1 heterocycles. The molecule has 0 unspecified atom stereocenters. The molecular formula is C12H11FN2O4. The molecule has 0 aliphatic rings. The zero-order valence-corrected chi connectivity index (χ0v) is 10.2. The zero-order chi connectivity index (χ0) is 14.2. The third-order valence-electron chi connectivity index (χ3n) is 2.66. The molecule has 2 rings (SSSR count). The molecule has 0 atom stereocenters. The molecule has 0 amide bonds. The first-order chi connectivity index (χ1) is 8.95. The van der Waals surface area contributed by atoms with Crippen molar-refractivity contribution in [3.8, 4) is 22.8 Å². The maximum atomic E-state index is 13.4. The highest BCUT2D eigenvalue weighted by molar-refractivity contribution is 5.87. The van der Waals surface area contributed by atoms with Crippen LogP contribution in [0.2, 0.25) is 0 Å². The molecular weight excluding hydrogens is 255 g/mol. The van der Waals surface area contributed by atoms with Crippen molar-refractivity contribution in [2.75, 3.05) is 7.11 Å². The lowest BCUT2D eigenvalue weighted by Crippen LogP contribution is -1.99. The largest absolute Gasteiger partial charge is 0.504 e. The Labute approximate surface area is 107 Å². The van der Waals surface area contributed by atoms with Crippen LogP contribution in [0.5, 0.6) is 11.5 Å². The number of aromatic carboxylic acids is 1. The molecule has 100 valence electrons. The molecule has 6 nitrogen and oxygen atoms in total. The highest BCUT2D eigenvalue weighted by atomic mass is 19.1. The SMILES string of the molecule is COc1c(F)ccc(-c2cc(C(=O)O)nn2C)c1O. The summed E-state index contributed by atoms with van der Waals surface area (Å²) >= 11 is 0. The number of halogens is 1. The molecule has 2 N–H and O–H groups in total. The van der Waals surface area contributed by atoms with Crippen LogP contribution < -0.4 is 4.74 Å².